The number of sulfone groups is 1. The average molecular weight is 359 g/mol. The molecule has 0 unspecified atom stereocenters. The van der Waals surface area contributed by atoms with E-state index in [0.29, 0.717) is 6.42 Å². The van der Waals surface area contributed by atoms with Gasteiger partial charge in [-0.2, -0.15) is 0 Å². The lowest BCUT2D eigenvalue weighted by Crippen LogP contribution is -2.48. The van der Waals surface area contributed by atoms with Crippen LogP contribution in [0.3, 0.4) is 0 Å². The van der Waals surface area contributed by atoms with Gasteiger partial charge in [0.1, 0.15) is 0 Å². The summed E-state index contributed by atoms with van der Waals surface area (Å²) in [5, 5.41) is 2.55. The lowest BCUT2D eigenvalue weighted by atomic mass is 10.0. The number of amides is 1. The van der Waals surface area contributed by atoms with Gasteiger partial charge in [-0.15, -0.1) is 0 Å². The van der Waals surface area contributed by atoms with Crippen molar-refractivity contribution < 1.29 is 31.9 Å². The number of carbonyl (C=O) groups is 2. The summed E-state index contributed by atoms with van der Waals surface area (Å²) in [6, 6.07) is 5.57. The number of hydrogen-bond donors (Lipinski definition) is 1. The summed E-state index contributed by atoms with van der Waals surface area (Å²) in [6.45, 7) is 0.521. The second kappa shape index (κ2) is 7.16. The molecule has 0 spiro atoms. The van der Waals surface area contributed by atoms with Crippen molar-refractivity contribution >= 4 is 21.7 Å². The molecular weight excluding hydrogens is 341 g/mol. The van der Waals surface area contributed by atoms with E-state index in [1.54, 1.807) is 13.0 Å². The Hall–Kier alpha value is -2.16. The molecule has 132 valence electrons. The number of para-hydroxylation sites is 1. The number of rotatable bonds is 6. The van der Waals surface area contributed by atoms with Crippen molar-refractivity contribution in [1.82, 2.24) is 5.32 Å². The van der Waals surface area contributed by atoms with Gasteiger partial charge >= 0.3 is 5.97 Å². The smallest absolute Gasteiger partial charge is 0.344 e. The predicted octanol–water partition coefficient (Wildman–Crippen LogP) is 0.441. The molecule has 9 heteroatoms. The van der Waals surface area contributed by atoms with Crippen LogP contribution in [-0.4, -0.2) is 50.6 Å². The Morgan fingerprint density at radius 3 is 2.62 bits per heavy atom. The molecule has 0 aliphatic carbocycles. The summed E-state index contributed by atoms with van der Waals surface area (Å²) in [4.78, 5) is 23.3. The molecule has 0 bridgehead atoms. The molecule has 1 aliphatic heterocycles. The first-order valence-corrected chi connectivity index (χ1v) is 9.06. The Balaban J connectivity index is 1.74. The maximum atomic E-state index is 13.3. The van der Waals surface area contributed by atoms with Crippen molar-refractivity contribution in [3.63, 3.8) is 0 Å². The minimum Gasteiger partial charge on any atom is -0.479 e. The van der Waals surface area contributed by atoms with Gasteiger partial charge in [-0.05, 0) is 25.5 Å². The molecule has 0 radical (unpaired) electrons. The minimum atomic E-state index is -3.15. The monoisotopic (exact) mass is 359 g/mol. The van der Waals surface area contributed by atoms with Crippen molar-refractivity contribution in [3.8, 4) is 5.75 Å². The summed E-state index contributed by atoms with van der Waals surface area (Å²) >= 11 is 0. The van der Waals surface area contributed by atoms with Crippen molar-refractivity contribution in [3.05, 3.63) is 30.1 Å². The predicted molar refractivity (Wildman–Crippen MR) is 82.7 cm³/mol. The van der Waals surface area contributed by atoms with E-state index >= 15 is 0 Å². The third-order valence-corrected chi connectivity index (χ3v) is 5.39. The van der Waals surface area contributed by atoms with E-state index in [1.807, 2.05) is 0 Å². The average Bonchev–Trinajstić information content (AvgIpc) is 2.77. The molecular formula is C15H18FNO6S. The maximum Gasteiger partial charge on any atom is 0.344 e. The molecule has 1 amide bonds. The van der Waals surface area contributed by atoms with Crippen LogP contribution in [0.5, 0.6) is 5.75 Å². The van der Waals surface area contributed by atoms with E-state index < -0.39 is 46.3 Å². The number of nitrogens with one attached hydrogen (secondary N) is 1. The molecule has 1 N–H and O–H groups in total. The number of ether oxygens (including phenoxy) is 2. The highest BCUT2D eigenvalue weighted by Crippen LogP contribution is 2.22. The first-order valence-electron chi connectivity index (χ1n) is 7.24. The third kappa shape index (κ3) is 5.19. The van der Waals surface area contributed by atoms with E-state index in [-0.39, 0.29) is 17.3 Å². The first kappa shape index (κ1) is 18.2. The molecule has 2 rings (SSSR count). The second-order valence-electron chi connectivity index (χ2n) is 5.83. The lowest BCUT2D eigenvalue weighted by molar-refractivity contribution is -0.150. The fourth-order valence-corrected chi connectivity index (χ4v) is 4.46. The fraction of sp³-hybridized carbons (Fsp3) is 0.467. The van der Waals surface area contributed by atoms with Crippen LogP contribution in [0.4, 0.5) is 4.39 Å². The Labute approximate surface area is 139 Å². The molecule has 24 heavy (non-hydrogen) atoms. The Kier molecular flexibility index (Phi) is 5.43. The van der Waals surface area contributed by atoms with Crippen molar-refractivity contribution in [2.75, 3.05) is 24.7 Å². The fourth-order valence-electron chi connectivity index (χ4n) is 2.37. The largest absolute Gasteiger partial charge is 0.479 e. The van der Waals surface area contributed by atoms with Gasteiger partial charge in [-0.1, -0.05) is 12.1 Å². The Morgan fingerprint density at radius 1 is 1.29 bits per heavy atom. The van der Waals surface area contributed by atoms with Crippen molar-refractivity contribution in [1.29, 1.82) is 0 Å². The molecule has 0 aromatic heterocycles. The van der Waals surface area contributed by atoms with Gasteiger partial charge in [-0.25, -0.2) is 17.6 Å². The van der Waals surface area contributed by atoms with E-state index in [0.717, 1.165) is 0 Å². The Bertz CT molecular complexity index is 735. The zero-order valence-corrected chi connectivity index (χ0v) is 13.9. The van der Waals surface area contributed by atoms with Crippen LogP contribution in [0.25, 0.3) is 0 Å². The van der Waals surface area contributed by atoms with Gasteiger partial charge in [0.15, 0.2) is 34.6 Å². The molecule has 1 saturated heterocycles. The zero-order chi connectivity index (χ0) is 17.8. The van der Waals surface area contributed by atoms with Gasteiger partial charge in [0.25, 0.3) is 5.91 Å². The molecule has 1 heterocycles. The topological polar surface area (TPSA) is 98.8 Å². The number of benzene rings is 1. The quantitative estimate of drug-likeness (QED) is 0.740. The first-order chi connectivity index (χ1) is 11.2. The zero-order valence-electron chi connectivity index (χ0n) is 13.1. The van der Waals surface area contributed by atoms with Gasteiger partial charge < -0.3 is 14.8 Å². The highest BCUT2D eigenvalue weighted by molar-refractivity contribution is 7.91. The van der Waals surface area contributed by atoms with Gasteiger partial charge in [0.05, 0.1) is 17.0 Å². The van der Waals surface area contributed by atoms with Crippen LogP contribution in [0.15, 0.2) is 24.3 Å². The highest BCUT2D eigenvalue weighted by atomic mass is 32.2. The molecule has 1 fully saturated rings. The van der Waals surface area contributed by atoms with E-state index in [9.17, 15) is 22.4 Å². The molecule has 1 aromatic carbocycles. The normalized spacial score (nSPS) is 21.9. The Morgan fingerprint density at radius 2 is 2.00 bits per heavy atom. The van der Waals surface area contributed by atoms with Crippen LogP contribution in [0, 0.1) is 5.82 Å². The van der Waals surface area contributed by atoms with Crippen LogP contribution in [0.2, 0.25) is 0 Å². The molecule has 1 atom stereocenters. The summed E-state index contributed by atoms with van der Waals surface area (Å²) in [7, 11) is -3.15. The number of carbonyl (C=O) groups excluding carboxylic acids is 2. The summed E-state index contributed by atoms with van der Waals surface area (Å²) in [5.74, 6) is -2.27. The van der Waals surface area contributed by atoms with Gasteiger partial charge in [0.2, 0.25) is 0 Å². The standard InChI is InChI=1S/C15H18FNO6S/c1-15(6-7-24(20,21)10-15)17-13(18)8-23-14(19)9-22-12-5-3-2-4-11(12)16/h2-5H,6-10H2,1H3,(H,17,18)/t15-/m0/s1. The second-order valence-corrected chi connectivity index (χ2v) is 8.01. The van der Waals surface area contributed by atoms with Crippen molar-refractivity contribution in [2.24, 2.45) is 0 Å². The number of esters is 1. The van der Waals surface area contributed by atoms with E-state index in [1.165, 1.54) is 18.2 Å². The lowest BCUT2D eigenvalue weighted by Gasteiger charge is -2.23. The molecule has 1 aromatic rings. The number of hydrogen-bond acceptors (Lipinski definition) is 6. The SMILES string of the molecule is C[C@]1(NC(=O)COC(=O)COc2ccccc2F)CCS(=O)(=O)C1. The van der Waals surface area contributed by atoms with E-state index in [2.05, 4.69) is 5.32 Å². The minimum absolute atomic E-state index is 0.0139. The third-order valence-electron chi connectivity index (χ3n) is 3.49. The number of halogens is 1. The van der Waals surface area contributed by atoms with E-state index in [4.69, 9.17) is 9.47 Å². The molecule has 7 nitrogen and oxygen atoms in total. The maximum absolute atomic E-state index is 13.3. The van der Waals surface area contributed by atoms with Crippen LogP contribution in [-0.2, 0) is 24.2 Å². The van der Waals surface area contributed by atoms with Crippen LogP contribution < -0.4 is 10.1 Å². The summed E-state index contributed by atoms with van der Waals surface area (Å²) in [5.41, 5.74) is -0.855. The van der Waals surface area contributed by atoms with Gasteiger partial charge in [0, 0.05) is 0 Å². The van der Waals surface area contributed by atoms with Crippen LogP contribution in [0.1, 0.15) is 13.3 Å². The summed E-state index contributed by atoms with van der Waals surface area (Å²) in [6.07, 6.45) is 0.311. The molecule has 1 aliphatic rings. The molecule has 0 saturated carbocycles. The highest BCUT2D eigenvalue weighted by Gasteiger charge is 2.39. The van der Waals surface area contributed by atoms with Gasteiger partial charge in [-0.3, -0.25) is 4.79 Å². The van der Waals surface area contributed by atoms with Crippen molar-refractivity contribution in [2.45, 2.75) is 18.9 Å². The summed E-state index contributed by atoms with van der Waals surface area (Å²) < 4.78 is 45.9. The van der Waals surface area contributed by atoms with Crippen LogP contribution >= 0.6 is 0 Å².